The molecule has 1 aliphatic heterocycles. The molecular weight excluding hydrogens is 462 g/mol. The van der Waals surface area contributed by atoms with Crippen LogP contribution in [-0.4, -0.2) is 29.3 Å². The van der Waals surface area contributed by atoms with Gasteiger partial charge in [-0.3, -0.25) is 14.5 Å². The fraction of sp³-hybridized carbons (Fsp3) is 0.250. The number of benzene rings is 3. The molecule has 2 unspecified atom stereocenters. The number of halogens is 1. The molecule has 6 nitrogen and oxygen atoms in total. The van der Waals surface area contributed by atoms with Crippen LogP contribution in [0.5, 0.6) is 0 Å². The van der Waals surface area contributed by atoms with E-state index in [4.69, 9.17) is 11.6 Å². The molecule has 1 saturated heterocycles. The third kappa shape index (κ3) is 5.08. The van der Waals surface area contributed by atoms with Crippen molar-refractivity contribution in [3.05, 3.63) is 106 Å². The van der Waals surface area contributed by atoms with E-state index in [1.54, 1.807) is 19.1 Å². The van der Waals surface area contributed by atoms with Crippen LogP contribution in [0, 0.1) is 0 Å². The highest BCUT2D eigenvalue weighted by Crippen LogP contribution is 2.30. The van der Waals surface area contributed by atoms with E-state index in [1.807, 2.05) is 66.7 Å². The summed E-state index contributed by atoms with van der Waals surface area (Å²) in [5.41, 5.74) is 2.28. The molecule has 4 amide bonds. The topological polar surface area (TPSA) is 78.5 Å². The summed E-state index contributed by atoms with van der Waals surface area (Å²) in [6.45, 7) is 5.45. The van der Waals surface area contributed by atoms with Gasteiger partial charge in [-0.15, -0.1) is 0 Å². The molecule has 4 rings (SSSR count). The number of nitrogens with one attached hydrogen (secondary N) is 2. The molecule has 1 heterocycles. The van der Waals surface area contributed by atoms with E-state index < -0.39 is 29.4 Å². The number of rotatable bonds is 7. The van der Waals surface area contributed by atoms with Gasteiger partial charge in [-0.2, -0.15) is 0 Å². The smallest absolute Gasteiger partial charge is 0.325 e. The van der Waals surface area contributed by atoms with E-state index in [-0.39, 0.29) is 6.54 Å². The van der Waals surface area contributed by atoms with Crippen LogP contribution in [0.15, 0.2) is 78.9 Å². The Morgan fingerprint density at radius 3 is 2.09 bits per heavy atom. The molecule has 2 atom stereocenters. The number of amides is 4. The van der Waals surface area contributed by atoms with Gasteiger partial charge in [-0.25, -0.2) is 4.79 Å². The lowest BCUT2D eigenvalue weighted by molar-refractivity contribution is -0.135. The molecule has 35 heavy (non-hydrogen) atoms. The first kappa shape index (κ1) is 24.5. The number of hydrogen-bond acceptors (Lipinski definition) is 3. The molecule has 3 aromatic rings. The number of hydrogen-bond donors (Lipinski definition) is 2. The molecule has 0 radical (unpaired) electrons. The van der Waals surface area contributed by atoms with Gasteiger partial charge >= 0.3 is 6.03 Å². The van der Waals surface area contributed by atoms with E-state index in [2.05, 4.69) is 24.5 Å². The van der Waals surface area contributed by atoms with Crippen molar-refractivity contribution in [2.45, 2.75) is 38.3 Å². The third-order valence-electron chi connectivity index (χ3n) is 6.37. The Morgan fingerprint density at radius 2 is 1.49 bits per heavy atom. The van der Waals surface area contributed by atoms with Gasteiger partial charge in [0.1, 0.15) is 12.1 Å². The molecule has 2 N–H and O–H groups in total. The van der Waals surface area contributed by atoms with Crippen molar-refractivity contribution >= 4 is 29.4 Å². The van der Waals surface area contributed by atoms with E-state index in [0.717, 1.165) is 21.6 Å². The SMILES string of the molecule is CC(C)c1ccc(C2(C)NC(=O)N(CC(=O)NC(c3ccccc3)c3ccc(Cl)cc3)C2=O)cc1. The van der Waals surface area contributed by atoms with E-state index >= 15 is 0 Å². The molecule has 0 aliphatic carbocycles. The zero-order valence-corrected chi connectivity index (χ0v) is 20.7. The van der Waals surface area contributed by atoms with Gasteiger partial charge in [-0.05, 0) is 47.2 Å². The number of imide groups is 1. The van der Waals surface area contributed by atoms with Crippen LogP contribution in [0.25, 0.3) is 0 Å². The second-order valence-corrected chi connectivity index (χ2v) is 9.62. The summed E-state index contributed by atoms with van der Waals surface area (Å²) in [6, 6.07) is 23.2. The number of urea groups is 1. The normalized spacial score (nSPS) is 18.5. The van der Waals surface area contributed by atoms with Crippen LogP contribution >= 0.6 is 11.6 Å². The average molecular weight is 490 g/mol. The van der Waals surface area contributed by atoms with Crippen LogP contribution in [0.2, 0.25) is 5.02 Å². The quantitative estimate of drug-likeness (QED) is 0.451. The summed E-state index contributed by atoms with van der Waals surface area (Å²) < 4.78 is 0. The van der Waals surface area contributed by atoms with Crippen molar-refractivity contribution < 1.29 is 14.4 Å². The third-order valence-corrected chi connectivity index (χ3v) is 6.62. The second kappa shape index (κ2) is 9.92. The van der Waals surface area contributed by atoms with Crippen molar-refractivity contribution in [3.8, 4) is 0 Å². The van der Waals surface area contributed by atoms with Gasteiger partial charge in [0.15, 0.2) is 0 Å². The molecule has 0 bridgehead atoms. The van der Waals surface area contributed by atoms with Crippen LogP contribution in [0.4, 0.5) is 4.79 Å². The van der Waals surface area contributed by atoms with Crippen LogP contribution in [-0.2, 0) is 15.1 Å². The lowest BCUT2D eigenvalue weighted by atomic mass is 9.90. The first-order valence-electron chi connectivity index (χ1n) is 11.5. The standard InChI is InChI=1S/C28H28ClN3O3/c1-18(2)19-9-13-22(14-10-19)28(3)26(34)32(27(35)31-28)17-24(33)30-25(20-7-5-4-6-8-20)21-11-15-23(29)16-12-21/h4-16,18,25H,17H2,1-3H3,(H,30,33)(H,31,35). The van der Waals surface area contributed by atoms with Gasteiger partial charge in [-0.1, -0.05) is 92.2 Å². The monoisotopic (exact) mass is 489 g/mol. The minimum absolute atomic E-state index is 0.351. The van der Waals surface area contributed by atoms with E-state index in [1.165, 1.54) is 0 Å². The summed E-state index contributed by atoms with van der Waals surface area (Å²) in [4.78, 5) is 40.1. The average Bonchev–Trinajstić information content (AvgIpc) is 3.07. The molecular formula is C28H28ClN3O3. The Kier molecular flexibility index (Phi) is 6.94. The summed E-state index contributed by atoms with van der Waals surface area (Å²) in [5, 5.41) is 6.32. The predicted octanol–water partition coefficient (Wildman–Crippen LogP) is 5.14. The largest absolute Gasteiger partial charge is 0.344 e. The fourth-order valence-electron chi connectivity index (χ4n) is 4.25. The zero-order chi connectivity index (χ0) is 25.2. The van der Waals surface area contributed by atoms with E-state index in [0.29, 0.717) is 16.5 Å². The molecule has 0 spiro atoms. The lowest BCUT2D eigenvalue weighted by Gasteiger charge is -2.24. The predicted molar refractivity (Wildman–Crippen MR) is 136 cm³/mol. The lowest BCUT2D eigenvalue weighted by Crippen LogP contribution is -2.44. The van der Waals surface area contributed by atoms with Crippen molar-refractivity contribution in [3.63, 3.8) is 0 Å². The summed E-state index contributed by atoms with van der Waals surface area (Å²) >= 11 is 6.04. The molecule has 180 valence electrons. The summed E-state index contributed by atoms with van der Waals surface area (Å²) in [6.07, 6.45) is 0. The van der Waals surface area contributed by atoms with Crippen LogP contribution < -0.4 is 10.6 Å². The maximum atomic E-state index is 13.3. The molecule has 7 heteroatoms. The summed E-state index contributed by atoms with van der Waals surface area (Å²) in [5.74, 6) is -0.557. The Hall–Kier alpha value is -3.64. The van der Waals surface area contributed by atoms with Crippen molar-refractivity contribution in [1.29, 1.82) is 0 Å². The van der Waals surface area contributed by atoms with Crippen LogP contribution in [0.1, 0.15) is 55.0 Å². The van der Waals surface area contributed by atoms with Gasteiger partial charge in [0.2, 0.25) is 5.91 Å². The fourth-order valence-corrected chi connectivity index (χ4v) is 4.37. The molecule has 1 fully saturated rings. The maximum Gasteiger partial charge on any atom is 0.325 e. The number of carbonyl (C=O) groups excluding carboxylic acids is 3. The minimum Gasteiger partial charge on any atom is -0.344 e. The molecule has 0 aromatic heterocycles. The Balaban J connectivity index is 1.52. The van der Waals surface area contributed by atoms with Crippen molar-refractivity contribution in [1.82, 2.24) is 15.5 Å². The van der Waals surface area contributed by atoms with Crippen molar-refractivity contribution in [2.24, 2.45) is 0 Å². The summed E-state index contributed by atoms with van der Waals surface area (Å²) in [7, 11) is 0. The zero-order valence-electron chi connectivity index (χ0n) is 19.9. The Morgan fingerprint density at radius 1 is 0.914 bits per heavy atom. The first-order valence-corrected chi connectivity index (χ1v) is 11.9. The first-order chi connectivity index (χ1) is 16.7. The van der Waals surface area contributed by atoms with Crippen LogP contribution in [0.3, 0.4) is 0 Å². The Bertz CT molecular complexity index is 1230. The highest BCUT2D eigenvalue weighted by atomic mass is 35.5. The van der Waals surface area contributed by atoms with Crippen molar-refractivity contribution in [2.75, 3.05) is 6.54 Å². The van der Waals surface area contributed by atoms with E-state index in [9.17, 15) is 14.4 Å². The molecule has 0 saturated carbocycles. The highest BCUT2D eigenvalue weighted by molar-refractivity contribution is 6.30. The maximum absolute atomic E-state index is 13.3. The number of carbonyl (C=O) groups is 3. The van der Waals surface area contributed by atoms with Gasteiger partial charge in [0.25, 0.3) is 5.91 Å². The molecule has 1 aliphatic rings. The second-order valence-electron chi connectivity index (χ2n) is 9.19. The minimum atomic E-state index is -1.23. The number of nitrogens with zero attached hydrogens (tertiary/aromatic N) is 1. The Labute approximate surface area is 210 Å². The van der Waals surface area contributed by atoms with Gasteiger partial charge in [0.05, 0.1) is 6.04 Å². The van der Waals surface area contributed by atoms with Gasteiger partial charge in [0, 0.05) is 5.02 Å². The van der Waals surface area contributed by atoms with Gasteiger partial charge < -0.3 is 10.6 Å². The highest BCUT2D eigenvalue weighted by Gasteiger charge is 2.49. The molecule has 3 aromatic carbocycles.